The Morgan fingerprint density at radius 2 is 2.29 bits per heavy atom. The first kappa shape index (κ1) is 10.7. The summed E-state index contributed by atoms with van der Waals surface area (Å²) in [5, 5.41) is 3.46. The van der Waals surface area contributed by atoms with E-state index in [1.165, 1.54) is 6.07 Å². The molecular formula is C13H16FN3. The van der Waals surface area contributed by atoms with Crippen LogP contribution in [0.1, 0.15) is 25.6 Å². The summed E-state index contributed by atoms with van der Waals surface area (Å²) in [6.07, 6.45) is 2.19. The van der Waals surface area contributed by atoms with Gasteiger partial charge < -0.3 is 9.88 Å². The van der Waals surface area contributed by atoms with E-state index in [9.17, 15) is 4.39 Å². The van der Waals surface area contributed by atoms with Crippen molar-refractivity contribution in [3.63, 3.8) is 0 Å². The molecule has 1 saturated heterocycles. The largest absolute Gasteiger partial charge is 0.327 e. The molecule has 0 amide bonds. The van der Waals surface area contributed by atoms with Gasteiger partial charge in [0.1, 0.15) is 17.2 Å². The van der Waals surface area contributed by atoms with Gasteiger partial charge in [0.05, 0.1) is 11.1 Å². The molecule has 1 aliphatic rings. The lowest BCUT2D eigenvalue weighted by atomic mass is 9.99. The number of aryl methyl sites for hydroxylation is 1. The molecule has 0 aliphatic carbocycles. The predicted molar refractivity (Wildman–Crippen MR) is 65.3 cm³/mol. The van der Waals surface area contributed by atoms with Gasteiger partial charge in [-0.05, 0) is 38.4 Å². The van der Waals surface area contributed by atoms with Crippen LogP contribution in [-0.2, 0) is 12.6 Å². The lowest BCUT2D eigenvalue weighted by Crippen LogP contribution is -2.35. The highest BCUT2D eigenvalue weighted by atomic mass is 19.1. The van der Waals surface area contributed by atoms with Crippen LogP contribution in [-0.4, -0.2) is 16.1 Å². The Bertz CT molecular complexity index is 567. The van der Waals surface area contributed by atoms with Gasteiger partial charge in [-0.1, -0.05) is 6.07 Å². The highest BCUT2D eigenvalue weighted by Crippen LogP contribution is 2.31. The maximum absolute atomic E-state index is 13.8. The zero-order chi connectivity index (χ0) is 12.0. The second-order valence-electron chi connectivity index (χ2n) is 4.96. The molecule has 3 rings (SSSR count). The lowest BCUT2D eigenvalue weighted by molar-refractivity contribution is 0.396. The van der Waals surface area contributed by atoms with Crippen molar-refractivity contribution in [3.8, 4) is 0 Å². The summed E-state index contributed by atoms with van der Waals surface area (Å²) in [7, 11) is 1.89. The average molecular weight is 233 g/mol. The molecule has 90 valence electrons. The van der Waals surface area contributed by atoms with Crippen molar-refractivity contribution in [2.75, 3.05) is 6.54 Å². The smallest absolute Gasteiger partial charge is 0.149 e. The minimum Gasteiger partial charge on any atom is -0.327 e. The number of fused-ring (bicyclic) bond motifs is 1. The van der Waals surface area contributed by atoms with E-state index in [4.69, 9.17) is 0 Å². The number of hydrogen-bond donors (Lipinski definition) is 1. The van der Waals surface area contributed by atoms with E-state index in [-0.39, 0.29) is 11.4 Å². The Balaban J connectivity index is 2.24. The number of hydrogen-bond acceptors (Lipinski definition) is 2. The SMILES string of the molecule is Cn1c(C2(C)CCCN2)nc2cccc(F)c21. The van der Waals surface area contributed by atoms with Gasteiger partial charge in [-0.3, -0.25) is 0 Å². The maximum atomic E-state index is 13.8. The van der Waals surface area contributed by atoms with Crippen LogP contribution >= 0.6 is 0 Å². The van der Waals surface area contributed by atoms with Crippen molar-refractivity contribution >= 4 is 11.0 Å². The van der Waals surface area contributed by atoms with Gasteiger partial charge in [-0.25, -0.2) is 9.37 Å². The van der Waals surface area contributed by atoms with Crippen LogP contribution in [0.2, 0.25) is 0 Å². The number of nitrogens with zero attached hydrogens (tertiary/aromatic N) is 2. The normalized spacial score (nSPS) is 24.6. The Morgan fingerprint density at radius 3 is 2.94 bits per heavy atom. The number of halogens is 1. The summed E-state index contributed by atoms with van der Waals surface area (Å²) in [5.41, 5.74) is 1.20. The molecule has 1 unspecified atom stereocenters. The molecular weight excluding hydrogens is 217 g/mol. The fourth-order valence-electron chi connectivity index (χ4n) is 2.80. The Kier molecular flexibility index (Phi) is 2.23. The summed E-state index contributed by atoms with van der Waals surface area (Å²) in [6, 6.07) is 5.05. The summed E-state index contributed by atoms with van der Waals surface area (Å²) in [5.74, 6) is 0.723. The van der Waals surface area contributed by atoms with E-state index in [2.05, 4.69) is 17.2 Å². The monoisotopic (exact) mass is 233 g/mol. The Labute approximate surface area is 99.7 Å². The third kappa shape index (κ3) is 1.47. The molecule has 0 spiro atoms. The zero-order valence-electron chi connectivity index (χ0n) is 10.1. The number of rotatable bonds is 1. The van der Waals surface area contributed by atoms with E-state index in [1.54, 1.807) is 6.07 Å². The van der Waals surface area contributed by atoms with Crippen molar-refractivity contribution < 1.29 is 4.39 Å². The van der Waals surface area contributed by atoms with Crippen LogP contribution in [0.3, 0.4) is 0 Å². The zero-order valence-corrected chi connectivity index (χ0v) is 10.1. The second-order valence-corrected chi connectivity index (χ2v) is 4.96. The first-order valence-electron chi connectivity index (χ1n) is 5.98. The van der Waals surface area contributed by atoms with E-state index in [1.807, 2.05) is 17.7 Å². The number of aromatic nitrogens is 2. The molecule has 3 nitrogen and oxygen atoms in total. The van der Waals surface area contributed by atoms with Crippen LogP contribution in [0.15, 0.2) is 18.2 Å². The maximum Gasteiger partial charge on any atom is 0.149 e. The average Bonchev–Trinajstić information content (AvgIpc) is 2.86. The molecule has 4 heteroatoms. The molecule has 2 heterocycles. The molecule has 1 N–H and O–H groups in total. The summed E-state index contributed by atoms with van der Waals surface area (Å²) in [4.78, 5) is 4.59. The third-order valence-corrected chi connectivity index (χ3v) is 3.71. The van der Waals surface area contributed by atoms with E-state index < -0.39 is 0 Å². The van der Waals surface area contributed by atoms with Crippen molar-refractivity contribution in [1.82, 2.24) is 14.9 Å². The van der Waals surface area contributed by atoms with E-state index >= 15 is 0 Å². The molecule has 1 aliphatic heterocycles. The summed E-state index contributed by atoms with van der Waals surface area (Å²) < 4.78 is 15.7. The standard InChI is InChI=1S/C13H16FN3/c1-13(7-4-8-15-13)12-16-10-6-3-5-9(14)11(10)17(12)2/h3,5-6,15H,4,7-8H2,1-2H3. The minimum atomic E-state index is -0.203. The molecule has 2 aromatic rings. The van der Waals surface area contributed by atoms with Gasteiger partial charge in [0.15, 0.2) is 0 Å². The number of para-hydroxylation sites is 1. The van der Waals surface area contributed by atoms with Gasteiger partial charge in [0.2, 0.25) is 0 Å². The third-order valence-electron chi connectivity index (χ3n) is 3.71. The highest BCUT2D eigenvalue weighted by molar-refractivity contribution is 5.76. The Morgan fingerprint density at radius 1 is 1.47 bits per heavy atom. The highest BCUT2D eigenvalue weighted by Gasteiger charge is 2.34. The van der Waals surface area contributed by atoms with Crippen LogP contribution in [0.5, 0.6) is 0 Å². The van der Waals surface area contributed by atoms with Gasteiger partial charge in [-0.2, -0.15) is 0 Å². The van der Waals surface area contributed by atoms with Crippen LogP contribution in [0.25, 0.3) is 11.0 Å². The summed E-state index contributed by atoms with van der Waals surface area (Å²) in [6.45, 7) is 3.14. The molecule has 1 fully saturated rings. The molecule has 0 saturated carbocycles. The van der Waals surface area contributed by atoms with Crippen molar-refractivity contribution in [1.29, 1.82) is 0 Å². The van der Waals surface area contributed by atoms with Crippen LogP contribution in [0.4, 0.5) is 4.39 Å². The van der Waals surface area contributed by atoms with E-state index in [0.717, 1.165) is 30.7 Å². The molecule has 17 heavy (non-hydrogen) atoms. The van der Waals surface area contributed by atoms with Crippen molar-refractivity contribution in [3.05, 3.63) is 29.8 Å². The lowest BCUT2D eigenvalue weighted by Gasteiger charge is -2.23. The first-order chi connectivity index (χ1) is 8.12. The first-order valence-corrected chi connectivity index (χ1v) is 5.98. The Hall–Kier alpha value is -1.42. The minimum absolute atomic E-state index is 0.125. The number of nitrogens with one attached hydrogen (secondary N) is 1. The molecule has 1 aromatic carbocycles. The predicted octanol–water partition coefficient (Wildman–Crippen LogP) is 2.31. The molecule has 0 bridgehead atoms. The summed E-state index contributed by atoms with van der Waals surface area (Å²) >= 11 is 0. The molecule has 1 aromatic heterocycles. The number of imidazole rings is 1. The topological polar surface area (TPSA) is 29.9 Å². The van der Waals surface area contributed by atoms with Gasteiger partial charge >= 0.3 is 0 Å². The molecule has 0 radical (unpaired) electrons. The van der Waals surface area contributed by atoms with Crippen molar-refractivity contribution in [2.45, 2.75) is 25.3 Å². The fraction of sp³-hybridized carbons (Fsp3) is 0.462. The van der Waals surface area contributed by atoms with Gasteiger partial charge in [0, 0.05) is 7.05 Å². The van der Waals surface area contributed by atoms with Crippen LogP contribution in [0, 0.1) is 5.82 Å². The quantitative estimate of drug-likeness (QED) is 0.819. The van der Waals surface area contributed by atoms with E-state index in [0.29, 0.717) is 5.52 Å². The van der Waals surface area contributed by atoms with Gasteiger partial charge in [0.25, 0.3) is 0 Å². The fourth-order valence-corrected chi connectivity index (χ4v) is 2.80. The van der Waals surface area contributed by atoms with Gasteiger partial charge in [-0.15, -0.1) is 0 Å². The number of benzene rings is 1. The second kappa shape index (κ2) is 3.53. The van der Waals surface area contributed by atoms with Crippen molar-refractivity contribution in [2.24, 2.45) is 7.05 Å². The molecule has 1 atom stereocenters. The van der Waals surface area contributed by atoms with Crippen LogP contribution < -0.4 is 5.32 Å².